The van der Waals surface area contributed by atoms with E-state index in [1.807, 2.05) is 36.9 Å². The molecular weight excluding hydrogens is 358 g/mol. The van der Waals surface area contributed by atoms with E-state index in [9.17, 15) is 4.79 Å². The number of piperazine rings is 1. The monoisotopic (exact) mass is 385 g/mol. The molecule has 7 heteroatoms. The maximum atomic E-state index is 12.3. The minimum absolute atomic E-state index is 0.0331. The normalized spacial score (nSPS) is 15.2. The van der Waals surface area contributed by atoms with Crippen molar-refractivity contribution in [3.05, 3.63) is 46.9 Å². The highest BCUT2D eigenvalue weighted by Gasteiger charge is 2.17. The second kappa shape index (κ2) is 8.93. The molecule has 2 heterocycles. The van der Waals surface area contributed by atoms with Crippen LogP contribution in [0.1, 0.15) is 22.6 Å². The van der Waals surface area contributed by atoms with Gasteiger partial charge in [0.2, 0.25) is 5.91 Å². The number of ether oxygens (including phenoxy) is 2. The Kier molecular flexibility index (Phi) is 6.36. The van der Waals surface area contributed by atoms with Gasteiger partial charge in [-0.3, -0.25) is 4.79 Å². The van der Waals surface area contributed by atoms with Crippen molar-refractivity contribution < 1.29 is 18.8 Å². The minimum atomic E-state index is 0.0331. The number of hydrogen-bond acceptors (Lipinski definition) is 6. The SMILES string of the molecule is COc1cc(/C=C/C(=O)N2CCN(C)CC2)ccc1OCc1c(C)noc1C. The fourth-order valence-corrected chi connectivity index (χ4v) is 3.06. The summed E-state index contributed by atoms with van der Waals surface area (Å²) in [5, 5.41) is 3.93. The molecule has 3 rings (SSSR count). The summed E-state index contributed by atoms with van der Waals surface area (Å²) < 4.78 is 16.5. The maximum Gasteiger partial charge on any atom is 0.246 e. The summed E-state index contributed by atoms with van der Waals surface area (Å²) in [6.45, 7) is 7.44. The third-order valence-electron chi connectivity index (χ3n) is 4.97. The van der Waals surface area contributed by atoms with Crippen LogP contribution >= 0.6 is 0 Å². The van der Waals surface area contributed by atoms with E-state index in [4.69, 9.17) is 14.0 Å². The number of rotatable bonds is 6. The molecule has 28 heavy (non-hydrogen) atoms. The van der Waals surface area contributed by atoms with E-state index in [-0.39, 0.29) is 5.91 Å². The fraction of sp³-hybridized carbons (Fsp3) is 0.429. The topological polar surface area (TPSA) is 68.0 Å². The van der Waals surface area contributed by atoms with Gasteiger partial charge in [0.05, 0.1) is 18.4 Å². The van der Waals surface area contributed by atoms with Crippen molar-refractivity contribution in [1.29, 1.82) is 0 Å². The van der Waals surface area contributed by atoms with Crippen molar-refractivity contribution >= 4 is 12.0 Å². The molecule has 1 aromatic heterocycles. The van der Waals surface area contributed by atoms with Gasteiger partial charge in [-0.05, 0) is 44.7 Å². The Morgan fingerprint density at radius 1 is 1.21 bits per heavy atom. The Morgan fingerprint density at radius 2 is 1.96 bits per heavy atom. The zero-order valence-electron chi connectivity index (χ0n) is 16.9. The number of amides is 1. The standard InChI is InChI=1S/C21H27N3O4/c1-15-18(16(2)28-22-15)14-27-19-7-5-17(13-20(19)26-4)6-8-21(25)24-11-9-23(3)10-12-24/h5-8,13H,9-12,14H2,1-4H3/b8-6+. The molecule has 0 saturated carbocycles. The molecular formula is C21H27N3O4. The predicted molar refractivity (Wildman–Crippen MR) is 106 cm³/mol. The lowest BCUT2D eigenvalue weighted by molar-refractivity contribution is -0.127. The molecule has 0 N–H and O–H groups in total. The number of benzene rings is 1. The van der Waals surface area contributed by atoms with Crippen LogP contribution in [-0.2, 0) is 11.4 Å². The van der Waals surface area contributed by atoms with Crippen LogP contribution in [0.2, 0.25) is 0 Å². The molecule has 7 nitrogen and oxygen atoms in total. The third kappa shape index (κ3) is 4.72. The maximum absolute atomic E-state index is 12.3. The molecule has 1 aliphatic heterocycles. The number of hydrogen-bond donors (Lipinski definition) is 0. The van der Waals surface area contributed by atoms with Crippen molar-refractivity contribution in [3.63, 3.8) is 0 Å². The van der Waals surface area contributed by atoms with Gasteiger partial charge in [0, 0.05) is 32.3 Å². The van der Waals surface area contributed by atoms with Gasteiger partial charge >= 0.3 is 0 Å². The van der Waals surface area contributed by atoms with Crippen LogP contribution in [0.25, 0.3) is 6.08 Å². The molecule has 0 aliphatic carbocycles. The lowest BCUT2D eigenvalue weighted by Crippen LogP contribution is -2.46. The molecule has 1 saturated heterocycles. The van der Waals surface area contributed by atoms with Crippen LogP contribution in [0.4, 0.5) is 0 Å². The average molecular weight is 385 g/mol. The first-order valence-corrected chi connectivity index (χ1v) is 9.36. The molecule has 150 valence electrons. The Balaban J connectivity index is 1.64. The number of aromatic nitrogens is 1. The van der Waals surface area contributed by atoms with E-state index in [1.54, 1.807) is 19.3 Å². The Hall–Kier alpha value is -2.80. The van der Waals surface area contributed by atoms with Gasteiger partial charge in [0.15, 0.2) is 11.5 Å². The molecule has 0 radical (unpaired) electrons. The molecule has 0 unspecified atom stereocenters. The first-order chi connectivity index (χ1) is 13.5. The zero-order chi connectivity index (χ0) is 20.1. The molecule has 1 aromatic carbocycles. The largest absolute Gasteiger partial charge is 0.493 e. The molecule has 1 aliphatic rings. The molecule has 1 amide bonds. The quantitative estimate of drug-likeness (QED) is 0.712. The highest BCUT2D eigenvalue weighted by Crippen LogP contribution is 2.30. The van der Waals surface area contributed by atoms with Crippen molar-refractivity contribution in [3.8, 4) is 11.5 Å². The smallest absolute Gasteiger partial charge is 0.246 e. The molecule has 0 bridgehead atoms. The summed E-state index contributed by atoms with van der Waals surface area (Å²) in [5.41, 5.74) is 2.63. The lowest BCUT2D eigenvalue weighted by Gasteiger charge is -2.31. The lowest BCUT2D eigenvalue weighted by atomic mass is 10.1. The van der Waals surface area contributed by atoms with E-state index >= 15 is 0 Å². The first kappa shape index (κ1) is 19.9. The van der Waals surface area contributed by atoms with Crippen LogP contribution in [0, 0.1) is 13.8 Å². The van der Waals surface area contributed by atoms with Gasteiger partial charge in [-0.2, -0.15) is 0 Å². The van der Waals surface area contributed by atoms with Crippen molar-refractivity contribution in [2.24, 2.45) is 0 Å². The predicted octanol–water partition coefficient (Wildman–Crippen LogP) is 2.67. The van der Waals surface area contributed by atoms with Crippen molar-refractivity contribution in [2.45, 2.75) is 20.5 Å². The van der Waals surface area contributed by atoms with Crippen molar-refractivity contribution in [1.82, 2.24) is 15.0 Å². The molecule has 0 atom stereocenters. The second-order valence-corrected chi connectivity index (χ2v) is 6.96. The number of nitrogens with zero attached hydrogens (tertiary/aromatic N) is 3. The number of methoxy groups -OCH3 is 1. The van der Waals surface area contributed by atoms with Gasteiger partial charge in [-0.15, -0.1) is 0 Å². The van der Waals surface area contributed by atoms with Gasteiger partial charge in [0.25, 0.3) is 0 Å². The van der Waals surface area contributed by atoms with Gasteiger partial charge in [-0.25, -0.2) is 0 Å². The summed E-state index contributed by atoms with van der Waals surface area (Å²) >= 11 is 0. The fourth-order valence-electron chi connectivity index (χ4n) is 3.06. The van der Waals surface area contributed by atoms with E-state index in [1.165, 1.54) is 0 Å². The zero-order valence-corrected chi connectivity index (χ0v) is 16.9. The third-order valence-corrected chi connectivity index (χ3v) is 4.97. The van der Waals surface area contributed by atoms with Crippen LogP contribution in [0.15, 0.2) is 28.8 Å². The van der Waals surface area contributed by atoms with Crippen LogP contribution in [0.3, 0.4) is 0 Å². The van der Waals surface area contributed by atoms with Crippen LogP contribution < -0.4 is 9.47 Å². The molecule has 0 spiro atoms. The highest BCUT2D eigenvalue weighted by molar-refractivity contribution is 5.92. The number of likely N-dealkylation sites (N-methyl/N-ethyl adjacent to an activating group) is 1. The van der Waals surface area contributed by atoms with E-state index < -0.39 is 0 Å². The summed E-state index contributed by atoms with van der Waals surface area (Å²) in [7, 11) is 3.67. The first-order valence-electron chi connectivity index (χ1n) is 9.36. The summed E-state index contributed by atoms with van der Waals surface area (Å²) in [4.78, 5) is 16.4. The number of aryl methyl sites for hydroxylation is 2. The Labute approximate surface area is 165 Å². The summed E-state index contributed by atoms with van der Waals surface area (Å²) in [6, 6.07) is 5.60. The van der Waals surface area contributed by atoms with E-state index in [0.717, 1.165) is 48.8 Å². The summed E-state index contributed by atoms with van der Waals surface area (Å²) in [6.07, 6.45) is 3.42. The Bertz CT molecular complexity index is 832. The number of carbonyl (C=O) groups excluding carboxylic acids is 1. The van der Waals surface area contributed by atoms with Gasteiger partial charge < -0.3 is 23.8 Å². The second-order valence-electron chi connectivity index (χ2n) is 6.96. The van der Waals surface area contributed by atoms with Crippen LogP contribution in [-0.4, -0.2) is 61.2 Å². The van der Waals surface area contributed by atoms with E-state index in [2.05, 4.69) is 17.1 Å². The van der Waals surface area contributed by atoms with E-state index in [0.29, 0.717) is 18.1 Å². The average Bonchev–Trinajstić information content (AvgIpc) is 3.03. The highest BCUT2D eigenvalue weighted by atomic mass is 16.5. The summed E-state index contributed by atoms with van der Waals surface area (Å²) in [5.74, 6) is 2.02. The molecule has 1 fully saturated rings. The minimum Gasteiger partial charge on any atom is -0.493 e. The Morgan fingerprint density at radius 3 is 2.61 bits per heavy atom. The van der Waals surface area contributed by atoms with Crippen molar-refractivity contribution in [2.75, 3.05) is 40.3 Å². The number of carbonyl (C=O) groups is 1. The molecule has 2 aromatic rings. The van der Waals surface area contributed by atoms with Crippen LogP contribution in [0.5, 0.6) is 11.5 Å². The van der Waals surface area contributed by atoms with Gasteiger partial charge in [0.1, 0.15) is 12.4 Å². The van der Waals surface area contributed by atoms with Gasteiger partial charge in [-0.1, -0.05) is 11.2 Å².